The van der Waals surface area contributed by atoms with E-state index in [-0.39, 0.29) is 11.9 Å². The molecule has 9 nitrogen and oxygen atoms in total. The molecule has 1 saturated heterocycles. The summed E-state index contributed by atoms with van der Waals surface area (Å²) in [5, 5.41) is 7.12. The number of amidine groups is 1. The third-order valence-corrected chi connectivity index (χ3v) is 8.95. The number of benzene rings is 3. The van der Waals surface area contributed by atoms with Crippen LogP contribution in [-0.4, -0.2) is 83.0 Å². The van der Waals surface area contributed by atoms with E-state index in [1.54, 1.807) is 41.4 Å². The highest BCUT2D eigenvalue weighted by Gasteiger charge is 2.51. The molecule has 14 heteroatoms. The number of rotatable bonds is 9. The molecule has 0 radical (unpaired) electrons. The summed E-state index contributed by atoms with van der Waals surface area (Å²) in [5.41, 5.74) is 1.47. The summed E-state index contributed by atoms with van der Waals surface area (Å²) in [4.78, 5) is 48.9. The molecule has 0 bridgehead atoms. The van der Waals surface area contributed by atoms with Crippen molar-refractivity contribution in [3.05, 3.63) is 137 Å². The topological polar surface area (TPSA) is 112 Å². The number of methoxy groups -OCH3 is 1. The molecule has 2 aliphatic heterocycles. The normalized spacial score (nSPS) is 18.0. The average Bonchev–Trinajstić information content (AvgIpc) is 3.44. The fourth-order valence-electron chi connectivity index (χ4n) is 6.38. The lowest BCUT2D eigenvalue weighted by Gasteiger charge is -2.33. The summed E-state index contributed by atoms with van der Waals surface area (Å²) < 4.78 is 65.2. The second-order valence-electron chi connectivity index (χ2n) is 12.2. The Labute approximate surface area is 296 Å². The zero-order chi connectivity index (χ0) is 37.5. The van der Waals surface area contributed by atoms with Gasteiger partial charge in [0, 0.05) is 12.7 Å². The molecule has 3 heterocycles. The summed E-state index contributed by atoms with van der Waals surface area (Å²) in [6.45, 7) is 2.95. The minimum absolute atomic E-state index is 0.329. The van der Waals surface area contributed by atoms with Crippen LogP contribution in [0, 0.1) is 11.6 Å². The fourth-order valence-corrected chi connectivity index (χ4v) is 6.38. The van der Waals surface area contributed by atoms with E-state index in [1.807, 2.05) is 18.2 Å². The van der Waals surface area contributed by atoms with Crippen LogP contribution in [0.4, 0.5) is 22.0 Å². The first kappa shape index (κ1) is 37.7. The first-order valence-electron chi connectivity index (χ1n) is 16.4. The smallest absolute Gasteiger partial charge is 0.475 e. The standard InChI is InChI=1S/C36H34F2N4O3.C2HF3O2/c1-45-34(43)27-8-4-7-26(23-27)25-16-21-41(22-17-25)19-6-20-42-33(32-11-2-3-18-39-32)40-36(35(42)44,28-12-14-30(37)15-13-28)29-9-5-10-31(38)24-29;3-2(4,5)1(6)7/h2-5,7-15,18,23-25H,6,16-17,19-22H2,1H3;(H,6,7). The van der Waals surface area contributed by atoms with Crippen LogP contribution in [0.2, 0.25) is 0 Å². The molecule has 272 valence electrons. The molecule has 3 aromatic carbocycles. The number of carboxylic acid groups (broad SMARTS) is 1. The van der Waals surface area contributed by atoms with Crippen molar-refractivity contribution in [1.82, 2.24) is 14.8 Å². The number of likely N-dealkylation sites (tertiary alicyclic amines) is 1. The lowest BCUT2D eigenvalue weighted by Crippen LogP contribution is -2.43. The molecule has 1 aromatic heterocycles. The van der Waals surface area contributed by atoms with Gasteiger partial charge in [-0.05, 0) is 110 Å². The number of aliphatic carboxylic acids is 1. The van der Waals surface area contributed by atoms with Gasteiger partial charge in [0.1, 0.15) is 17.3 Å². The van der Waals surface area contributed by atoms with Gasteiger partial charge in [0.15, 0.2) is 11.4 Å². The number of halogens is 5. The molecule has 1 atom stereocenters. The number of pyridine rings is 1. The van der Waals surface area contributed by atoms with E-state index in [1.165, 1.54) is 43.5 Å². The van der Waals surface area contributed by atoms with Crippen LogP contribution in [0.3, 0.4) is 0 Å². The Morgan fingerprint density at radius 1 is 0.885 bits per heavy atom. The van der Waals surface area contributed by atoms with Gasteiger partial charge in [-0.3, -0.25) is 14.7 Å². The van der Waals surface area contributed by atoms with E-state index in [4.69, 9.17) is 19.6 Å². The molecule has 1 N–H and O–H groups in total. The number of amides is 1. The number of alkyl halides is 3. The molecule has 1 unspecified atom stereocenters. The lowest BCUT2D eigenvalue weighted by atomic mass is 9.82. The molecular weight excluding hydrogens is 687 g/mol. The van der Waals surface area contributed by atoms with Crippen molar-refractivity contribution in [3.63, 3.8) is 0 Å². The molecule has 2 aliphatic rings. The third kappa shape index (κ3) is 8.51. The highest BCUT2D eigenvalue weighted by molar-refractivity contribution is 6.16. The number of carbonyl (C=O) groups is 3. The SMILES string of the molecule is COC(=O)c1cccc(C2CCN(CCCN3C(=O)C(c4ccc(F)cc4)(c4cccc(F)c4)N=C3c3ccccn3)CC2)c1.O=C(O)C(F)(F)F. The van der Waals surface area contributed by atoms with Gasteiger partial charge in [-0.2, -0.15) is 13.2 Å². The first-order chi connectivity index (χ1) is 24.8. The molecule has 1 fully saturated rings. The number of nitrogens with zero attached hydrogens (tertiary/aromatic N) is 4. The molecule has 0 spiro atoms. The summed E-state index contributed by atoms with van der Waals surface area (Å²) in [6, 6.07) is 24.6. The minimum atomic E-state index is -5.08. The molecule has 1 amide bonds. The van der Waals surface area contributed by atoms with Gasteiger partial charge >= 0.3 is 18.1 Å². The van der Waals surface area contributed by atoms with Crippen LogP contribution < -0.4 is 0 Å². The van der Waals surface area contributed by atoms with Crippen LogP contribution in [0.1, 0.15) is 57.9 Å². The zero-order valence-electron chi connectivity index (χ0n) is 28.0. The molecular formula is C38H35F5N4O5. The molecule has 4 aromatic rings. The fraction of sp³-hybridized carbons (Fsp3) is 0.289. The molecule has 6 rings (SSSR count). The number of aromatic nitrogens is 1. The van der Waals surface area contributed by atoms with Gasteiger partial charge in [0.25, 0.3) is 5.91 Å². The monoisotopic (exact) mass is 722 g/mol. The van der Waals surface area contributed by atoms with Gasteiger partial charge < -0.3 is 14.7 Å². The predicted molar refractivity (Wildman–Crippen MR) is 181 cm³/mol. The van der Waals surface area contributed by atoms with Crippen LogP contribution >= 0.6 is 0 Å². The van der Waals surface area contributed by atoms with Gasteiger partial charge in [-0.25, -0.2) is 23.4 Å². The quantitative estimate of drug-likeness (QED) is 0.154. The second-order valence-corrected chi connectivity index (χ2v) is 12.2. The van der Waals surface area contributed by atoms with Crippen LogP contribution in [-0.2, 0) is 19.9 Å². The van der Waals surface area contributed by atoms with Crippen molar-refractivity contribution >= 4 is 23.7 Å². The van der Waals surface area contributed by atoms with E-state index in [0.717, 1.165) is 38.0 Å². The Kier molecular flexibility index (Phi) is 11.8. The number of piperidine rings is 1. The van der Waals surface area contributed by atoms with Gasteiger partial charge in [-0.15, -0.1) is 0 Å². The zero-order valence-corrected chi connectivity index (χ0v) is 28.0. The van der Waals surface area contributed by atoms with E-state index in [0.29, 0.717) is 47.1 Å². The Hall–Kier alpha value is -5.50. The average molecular weight is 723 g/mol. The number of hydrogen-bond acceptors (Lipinski definition) is 7. The molecule has 0 aliphatic carbocycles. The second kappa shape index (κ2) is 16.2. The Bertz CT molecular complexity index is 1920. The van der Waals surface area contributed by atoms with Crippen LogP contribution in [0.15, 0.2) is 102 Å². The van der Waals surface area contributed by atoms with Crippen molar-refractivity contribution in [1.29, 1.82) is 0 Å². The first-order valence-corrected chi connectivity index (χ1v) is 16.4. The maximum absolute atomic E-state index is 14.6. The van der Waals surface area contributed by atoms with Crippen LogP contribution in [0.5, 0.6) is 0 Å². The number of hydrogen-bond donors (Lipinski definition) is 1. The van der Waals surface area contributed by atoms with Crippen molar-refractivity contribution in [2.45, 2.75) is 36.9 Å². The summed E-state index contributed by atoms with van der Waals surface area (Å²) >= 11 is 0. The Morgan fingerprint density at radius 2 is 1.58 bits per heavy atom. The van der Waals surface area contributed by atoms with Gasteiger partial charge in [0.05, 0.1) is 12.7 Å². The lowest BCUT2D eigenvalue weighted by molar-refractivity contribution is -0.192. The highest BCUT2D eigenvalue weighted by Crippen LogP contribution is 2.41. The molecule has 52 heavy (non-hydrogen) atoms. The van der Waals surface area contributed by atoms with Crippen molar-refractivity contribution < 1.29 is 46.2 Å². The van der Waals surface area contributed by atoms with Gasteiger partial charge in [-0.1, -0.05) is 42.5 Å². The summed E-state index contributed by atoms with van der Waals surface area (Å²) in [5.74, 6) is -3.59. The maximum atomic E-state index is 14.6. The number of aliphatic imine (C=N–C) groups is 1. The maximum Gasteiger partial charge on any atom is 0.490 e. The molecule has 0 saturated carbocycles. The predicted octanol–water partition coefficient (Wildman–Crippen LogP) is 6.58. The Balaban J connectivity index is 0.000000679. The van der Waals surface area contributed by atoms with Crippen LogP contribution in [0.25, 0.3) is 0 Å². The third-order valence-electron chi connectivity index (χ3n) is 8.95. The number of esters is 1. The van der Waals surface area contributed by atoms with Crippen molar-refractivity contribution in [2.24, 2.45) is 4.99 Å². The van der Waals surface area contributed by atoms with Crippen molar-refractivity contribution in [3.8, 4) is 0 Å². The van der Waals surface area contributed by atoms with E-state index in [2.05, 4.69) is 16.0 Å². The minimum Gasteiger partial charge on any atom is -0.475 e. The Morgan fingerprint density at radius 3 is 2.19 bits per heavy atom. The highest BCUT2D eigenvalue weighted by atomic mass is 19.4. The number of carboxylic acids is 1. The van der Waals surface area contributed by atoms with Crippen molar-refractivity contribution in [2.75, 3.05) is 33.3 Å². The van der Waals surface area contributed by atoms with Gasteiger partial charge in [0.2, 0.25) is 0 Å². The van der Waals surface area contributed by atoms with E-state index in [9.17, 15) is 31.5 Å². The number of carbonyl (C=O) groups excluding carboxylic acids is 2. The number of ether oxygens (including phenoxy) is 1. The van der Waals surface area contributed by atoms with E-state index >= 15 is 0 Å². The van der Waals surface area contributed by atoms with E-state index < -0.39 is 29.3 Å². The summed E-state index contributed by atoms with van der Waals surface area (Å²) in [6.07, 6.45) is -0.837. The largest absolute Gasteiger partial charge is 0.490 e. The summed E-state index contributed by atoms with van der Waals surface area (Å²) in [7, 11) is 1.39.